The average Bonchev–Trinajstić information content (AvgIpc) is 1.76. The summed E-state index contributed by atoms with van der Waals surface area (Å²) in [5.41, 5.74) is 0. The van der Waals surface area contributed by atoms with E-state index in [1.165, 1.54) is 6.39 Å². The van der Waals surface area contributed by atoms with Crippen molar-refractivity contribution in [3.05, 3.63) is 12.7 Å². The summed E-state index contributed by atoms with van der Waals surface area (Å²) < 4.78 is 4.17. The Bertz CT molecular complexity index is 64.1. The quantitative estimate of drug-likeness (QED) is 0.426. The van der Waals surface area contributed by atoms with Crippen molar-refractivity contribution in [1.82, 2.24) is 10.1 Å². The zero-order valence-corrected chi connectivity index (χ0v) is 2.38. The van der Waals surface area contributed by atoms with Gasteiger partial charge < -0.3 is 4.52 Å². The third kappa shape index (κ3) is 0.238. The minimum atomic E-state index is 1.21. The Kier molecular flexibility index (Phi) is 0.400. The fourth-order valence-electron chi connectivity index (χ4n) is 0.118. The van der Waals surface area contributed by atoms with Gasteiger partial charge in [0.05, 0.1) is 0 Å². The van der Waals surface area contributed by atoms with Crippen LogP contribution in [-0.4, -0.2) is 10.1 Å². The van der Waals surface area contributed by atoms with Gasteiger partial charge >= 0.3 is 0 Å². The van der Waals surface area contributed by atoms with Crippen LogP contribution < -0.4 is 0 Å². The van der Waals surface area contributed by atoms with E-state index < -0.39 is 0 Å². The maximum absolute atomic E-state index is 4.17. The maximum Gasteiger partial charge on any atom is 0.243 e. The summed E-state index contributed by atoms with van der Waals surface area (Å²) in [5, 5.41) is 3.11. The molecule has 0 saturated heterocycles. The Hall–Kier alpha value is -0.860. The van der Waals surface area contributed by atoms with Gasteiger partial charge in [-0.25, -0.2) is 0 Å². The highest BCUT2D eigenvalue weighted by Crippen LogP contribution is 1.61. The second-order valence-corrected chi connectivity index (χ2v) is 0.531. The summed E-state index contributed by atoms with van der Waals surface area (Å²) in [7, 11) is 0. The molecule has 0 bridgehead atoms. The normalized spacial score (nSPS) is 8.00. The summed E-state index contributed by atoms with van der Waals surface area (Å²) in [4.78, 5) is 3.32. The third-order valence-electron chi connectivity index (χ3n) is 0.251. The van der Waals surface area contributed by atoms with Crippen LogP contribution >= 0.6 is 0 Å². The number of hydrogen-bond acceptors (Lipinski definition) is 3. The van der Waals surface area contributed by atoms with Gasteiger partial charge in [0, 0.05) is 0 Å². The standard InChI is InChI=1S/C2HN2O/c1-3-2-5-4-1/h2H. The van der Waals surface area contributed by atoms with Crippen LogP contribution in [0.3, 0.4) is 0 Å². The Morgan fingerprint density at radius 2 is 2.80 bits per heavy atom. The van der Waals surface area contributed by atoms with Crippen LogP contribution in [0.1, 0.15) is 0 Å². The summed E-state index contributed by atoms with van der Waals surface area (Å²) in [6.45, 7) is 0. The minimum absolute atomic E-state index is 1.21. The molecule has 0 fully saturated rings. The SMILES string of the molecule is [c]1ncon1. The van der Waals surface area contributed by atoms with E-state index in [0.29, 0.717) is 0 Å². The van der Waals surface area contributed by atoms with Crippen molar-refractivity contribution >= 4 is 0 Å². The lowest BCUT2D eigenvalue weighted by molar-refractivity contribution is 0.415. The zero-order chi connectivity index (χ0) is 3.54. The van der Waals surface area contributed by atoms with Crippen molar-refractivity contribution in [2.75, 3.05) is 0 Å². The molecule has 1 radical (unpaired) electrons. The predicted molar refractivity (Wildman–Crippen MR) is 13.1 cm³/mol. The van der Waals surface area contributed by atoms with E-state index in [4.69, 9.17) is 0 Å². The van der Waals surface area contributed by atoms with Crippen molar-refractivity contribution in [3.63, 3.8) is 0 Å². The van der Waals surface area contributed by atoms with Crippen molar-refractivity contribution in [3.8, 4) is 0 Å². The van der Waals surface area contributed by atoms with Crippen molar-refractivity contribution in [2.24, 2.45) is 0 Å². The van der Waals surface area contributed by atoms with Gasteiger partial charge in [-0.3, -0.25) is 0 Å². The molecule has 25 valence electrons. The van der Waals surface area contributed by atoms with Crippen LogP contribution in [0.25, 0.3) is 0 Å². The molecular formula is C2HN2O. The molecule has 3 nitrogen and oxygen atoms in total. The molecule has 1 aromatic rings. The summed E-state index contributed by atoms with van der Waals surface area (Å²) >= 11 is 0. The van der Waals surface area contributed by atoms with E-state index in [0.717, 1.165) is 0 Å². The van der Waals surface area contributed by atoms with Gasteiger partial charge in [-0.2, -0.15) is 4.98 Å². The molecule has 0 spiro atoms. The molecule has 0 amide bonds. The average molecular weight is 69.0 g/mol. The number of hydrogen-bond donors (Lipinski definition) is 0. The smallest absolute Gasteiger partial charge is 0.243 e. The molecule has 1 aromatic heterocycles. The molecule has 0 aliphatic carbocycles. The second-order valence-electron chi connectivity index (χ2n) is 0.531. The van der Waals surface area contributed by atoms with Gasteiger partial charge in [0.1, 0.15) is 0 Å². The molecule has 0 N–H and O–H groups in total. The molecule has 0 aliphatic rings. The van der Waals surface area contributed by atoms with E-state index in [1.54, 1.807) is 0 Å². The van der Waals surface area contributed by atoms with Crippen LogP contribution in [-0.2, 0) is 0 Å². The predicted octanol–water partition coefficient (Wildman–Crippen LogP) is -0.130. The first-order valence-corrected chi connectivity index (χ1v) is 1.12. The topological polar surface area (TPSA) is 38.9 Å². The Morgan fingerprint density at radius 3 is 3.00 bits per heavy atom. The highest BCUT2D eigenvalue weighted by molar-refractivity contribution is 4.31. The van der Waals surface area contributed by atoms with Crippen LogP contribution in [0.5, 0.6) is 0 Å². The molecule has 0 unspecified atom stereocenters. The van der Waals surface area contributed by atoms with E-state index in [-0.39, 0.29) is 0 Å². The van der Waals surface area contributed by atoms with Crippen LogP contribution in [0.2, 0.25) is 0 Å². The molecule has 5 heavy (non-hydrogen) atoms. The first-order valence-electron chi connectivity index (χ1n) is 1.12. The van der Waals surface area contributed by atoms with Gasteiger partial charge in [-0.15, -0.1) is 0 Å². The molecule has 1 rings (SSSR count). The van der Waals surface area contributed by atoms with E-state index in [2.05, 4.69) is 21.0 Å². The lowest BCUT2D eigenvalue weighted by Gasteiger charge is -1.44. The van der Waals surface area contributed by atoms with Crippen molar-refractivity contribution in [1.29, 1.82) is 0 Å². The number of rotatable bonds is 0. The highest BCUT2D eigenvalue weighted by Gasteiger charge is 1.63. The first-order chi connectivity index (χ1) is 2.50. The van der Waals surface area contributed by atoms with E-state index >= 15 is 0 Å². The monoisotopic (exact) mass is 69.0 g/mol. The van der Waals surface area contributed by atoms with E-state index in [9.17, 15) is 0 Å². The van der Waals surface area contributed by atoms with Crippen LogP contribution in [0.15, 0.2) is 10.9 Å². The van der Waals surface area contributed by atoms with Gasteiger partial charge in [-0.05, 0) is 0 Å². The molecule has 0 atom stereocenters. The Balaban J connectivity index is 3.13. The summed E-state index contributed by atoms with van der Waals surface area (Å²) in [6, 6.07) is 0. The summed E-state index contributed by atoms with van der Waals surface area (Å²) in [6.07, 6.45) is 3.40. The Morgan fingerprint density at radius 1 is 1.80 bits per heavy atom. The van der Waals surface area contributed by atoms with Crippen LogP contribution in [0, 0.1) is 6.33 Å². The largest absolute Gasteiger partial charge is 0.342 e. The molecule has 0 saturated carbocycles. The van der Waals surface area contributed by atoms with Gasteiger partial charge in [0.25, 0.3) is 0 Å². The fourth-order valence-corrected chi connectivity index (χ4v) is 0.118. The van der Waals surface area contributed by atoms with Crippen molar-refractivity contribution in [2.45, 2.75) is 0 Å². The minimum Gasteiger partial charge on any atom is -0.342 e. The van der Waals surface area contributed by atoms with E-state index in [1.807, 2.05) is 0 Å². The Labute approximate surface area is 28.6 Å². The lowest BCUT2D eigenvalue weighted by Crippen LogP contribution is -1.46. The maximum atomic E-state index is 4.17. The van der Waals surface area contributed by atoms with Crippen LogP contribution in [0.4, 0.5) is 0 Å². The number of nitrogens with zero attached hydrogens (tertiary/aromatic N) is 2. The molecule has 0 aromatic carbocycles. The molecule has 1 heterocycles. The first kappa shape index (κ1) is 2.38. The molecular weight excluding hydrogens is 68.0 g/mol. The lowest BCUT2D eigenvalue weighted by atomic mass is 11.3. The molecule has 0 aliphatic heterocycles. The molecule has 3 heteroatoms. The third-order valence-corrected chi connectivity index (χ3v) is 0.251. The van der Waals surface area contributed by atoms with Gasteiger partial charge in [-0.1, -0.05) is 5.16 Å². The number of aromatic nitrogens is 2. The fraction of sp³-hybridized carbons (Fsp3) is 0. The van der Waals surface area contributed by atoms with Gasteiger partial charge in [0.15, 0.2) is 0 Å². The zero-order valence-electron chi connectivity index (χ0n) is 2.38. The second kappa shape index (κ2) is 0.839. The summed E-state index contributed by atoms with van der Waals surface area (Å²) in [5.74, 6) is 0. The van der Waals surface area contributed by atoms with Gasteiger partial charge in [0.2, 0.25) is 12.7 Å². The highest BCUT2D eigenvalue weighted by atomic mass is 16.5. The van der Waals surface area contributed by atoms with Crippen molar-refractivity contribution < 1.29 is 4.52 Å².